The van der Waals surface area contributed by atoms with Crippen LogP contribution < -0.4 is 16.0 Å². The molecule has 6 heteroatoms. The summed E-state index contributed by atoms with van der Waals surface area (Å²) in [6, 6.07) is 7.46. The largest absolute Gasteiger partial charge is 0.389 e. The van der Waals surface area contributed by atoms with Gasteiger partial charge in [0.2, 0.25) is 5.91 Å². The van der Waals surface area contributed by atoms with Gasteiger partial charge in [0.15, 0.2) is 0 Å². The van der Waals surface area contributed by atoms with Crippen LogP contribution in [0.2, 0.25) is 0 Å². The zero-order valence-corrected chi connectivity index (χ0v) is 12.0. The van der Waals surface area contributed by atoms with Crippen LogP contribution in [0.1, 0.15) is 5.56 Å². The number of likely N-dealkylation sites (N-methyl/N-ethyl adjacent to an activating group) is 1. The topological polar surface area (TPSA) is 67.6 Å². The second kappa shape index (κ2) is 7.70. The normalized spacial score (nSPS) is 10.0. The first kappa shape index (κ1) is 15.4. The fraction of sp³-hybridized carbons (Fsp3) is 0.385. The Bertz CT molecular complexity index is 434. The van der Waals surface area contributed by atoms with Gasteiger partial charge in [0.25, 0.3) is 0 Å². The number of hydrogen-bond acceptors (Lipinski definition) is 4. The van der Waals surface area contributed by atoms with Crippen molar-refractivity contribution in [1.29, 1.82) is 0 Å². The Balaban J connectivity index is 2.50. The van der Waals surface area contributed by atoms with Crippen LogP contribution >= 0.6 is 12.2 Å². The number of nitrogens with zero attached hydrogens (tertiary/aromatic N) is 1. The number of ether oxygens (including phenoxy) is 1. The third-order valence-corrected chi connectivity index (χ3v) is 2.84. The number of anilines is 1. The molecule has 0 aliphatic rings. The number of nitrogens with two attached hydrogens (primary N) is 1. The van der Waals surface area contributed by atoms with Gasteiger partial charge >= 0.3 is 0 Å². The summed E-state index contributed by atoms with van der Waals surface area (Å²) in [7, 11) is 3.45. The first-order chi connectivity index (χ1) is 9.04. The number of hydrogen-bond donors (Lipinski definition) is 2. The van der Waals surface area contributed by atoms with Crippen molar-refractivity contribution in [3.05, 3.63) is 29.8 Å². The summed E-state index contributed by atoms with van der Waals surface area (Å²) in [6.45, 7) is 1.32. The van der Waals surface area contributed by atoms with Crippen molar-refractivity contribution in [3.8, 4) is 0 Å². The fourth-order valence-electron chi connectivity index (χ4n) is 1.54. The molecule has 1 rings (SSSR count). The van der Waals surface area contributed by atoms with Gasteiger partial charge in [0, 0.05) is 32.0 Å². The van der Waals surface area contributed by atoms with Gasteiger partial charge in [0.05, 0.1) is 13.2 Å². The molecule has 1 amide bonds. The summed E-state index contributed by atoms with van der Waals surface area (Å²) in [5, 5.41) is 2.77. The summed E-state index contributed by atoms with van der Waals surface area (Å²) >= 11 is 4.89. The van der Waals surface area contributed by atoms with Crippen molar-refractivity contribution in [1.82, 2.24) is 5.32 Å². The molecular weight excluding hydrogens is 262 g/mol. The van der Waals surface area contributed by atoms with Crippen molar-refractivity contribution in [3.63, 3.8) is 0 Å². The number of thiocarbonyl (C=S) groups is 1. The molecule has 0 aromatic heterocycles. The van der Waals surface area contributed by atoms with Gasteiger partial charge < -0.3 is 20.7 Å². The van der Waals surface area contributed by atoms with Crippen molar-refractivity contribution in [2.75, 3.05) is 38.8 Å². The lowest BCUT2D eigenvalue weighted by Crippen LogP contribution is -2.36. The van der Waals surface area contributed by atoms with E-state index in [0.717, 1.165) is 11.3 Å². The Morgan fingerprint density at radius 1 is 1.42 bits per heavy atom. The Hall–Kier alpha value is -1.66. The lowest BCUT2D eigenvalue weighted by molar-refractivity contribution is -0.119. The Labute approximate surface area is 118 Å². The predicted octanol–water partition coefficient (Wildman–Crippen LogP) is 0.520. The molecule has 0 saturated carbocycles. The maximum absolute atomic E-state index is 11.6. The van der Waals surface area contributed by atoms with Gasteiger partial charge in [-0.3, -0.25) is 4.79 Å². The number of amides is 1. The van der Waals surface area contributed by atoms with E-state index in [-0.39, 0.29) is 12.5 Å². The van der Waals surface area contributed by atoms with Crippen LogP contribution in [0, 0.1) is 0 Å². The maximum atomic E-state index is 11.6. The fourth-order valence-corrected chi connectivity index (χ4v) is 1.67. The molecule has 0 aliphatic carbocycles. The van der Waals surface area contributed by atoms with Crippen LogP contribution in [0.25, 0.3) is 0 Å². The first-order valence-corrected chi connectivity index (χ1v) is 6.32. The van der Waals surface area contributed by atoms with E-state index < -0.39 is 0 Å². The quantitative estimate of drug-likeness (QED) is 0.563. The summed E-state index contributed by atoms with van der Waals surface area (Å²) in [6.07, 6.45) is 0. The predicted molar refractivity (Wildman–Crippen MR) is 80.5 cm³/mol. The minimum Gasteiger partial charge on any atom is -0.389 e. The molecule has 0 aliphatic heterocycles. The van der Waals surface area contributed by atoms with Crippen molar-refractivity contribution in [2.24, 2.45) is 5.73 Å². The monoisotopic (exact) mass is 281 g/mol. The van der Waals surface area contributed by atoms with Gasteiger partial charge in [-0.25, -0.2) is 0 Å². The Morgan fingerprint density at radius 2 is 2.05 bits per heavy atom. The molecule has 0 spiro atoms. The average molecular weight is 281 g/mol. The molecule has 0 saturated heterocycles. The van der Waals surface area contributed by atoms with Crippen LogP contribution in [0.15, 0.2) is 24.3 Å². The molecule has 0 radical (unpaired) electrons. The zero-order valence-electron chi connectivity index (χ0n) is 11.2. The average Bonchev–Trinajstić information content (AvgIpc) is 2.39. The number of rotatable bonds is 7. The second-order valence-electron chi connectivity index (χ2n) is 4.11. The Morgan fingerprint density at radius 3 is 2.58 bits per heavy atom. The lowest BCUT2D eigenvalue weighted by Gasteiger charge is -2.19. The van der Waals surface area contributed by atoms with Crippen molar-refractivity contribution < 1.29 is 9.53 Å². The molecule has 104 valence electrons. The zero-order chi connectivity index (χ0) is 14.3. The summed E-state index contributed by atoms with van der Waals surface area (Å²) < 4.78 is 4.87. The van der Waals surface area contributed by atoms with Gasteiger partial charge in [-0.05, 0) is 24.3 Å². The highest BCUT2D eigenvalue weighted by molar-refractivity contribution is 7.80. The number of carbonyl (C=O) groups excluding carboxylic acids is 1. The smallest absolute Gasteiger partial charge is 0.239 e. The highest BCUT2D eigenvalue weighted by Crippen LogP contribution is 2.13. The van der Waals surface area contributed by atoms with Crippen molar-refractivity contribution in [2.45, 2.75) is 0 Å². The molecule has 19 heavy (non-hydrogen) atoms. The SMILES string of the molecule is COCCNC(=O)CN(C)c1ccc(C(N)=S)cc1. The standard InChI is InChI=1S/C13H19N3O2S/c1-16(9-12(17)15-7-8-18-2)11-5-3-10(4-6-11)13(14)19/h3-6H,7-9H2,1-2H3,(H2,14,19)(H,15,17). The number of nitrogens with one attached hydrogen (secondary N) is 1. The third kappa shape index (κ3) is 5.23. The molecule has 0 fully saturated rings. The number of benzene rings is 1. The van der Waals surface area contributed by atoms with Gasteiger partial charge in [-0.1, -0.05) is 12.2 Å². The molecule has 5 nitrogen and oxygen atoms in total. The molecular formula is C13H19N3O2S. The molecule has 0 unspecified atom stereocenters. The van der Waals surface area contributed by atoms with E-state index in [4.69, 9.17) is 22.7 Å². The summed E-state index contributed by atoms with van der Waals surface area (Å²) in [5.41, 5.74) is 7.28. The molecule has 0 atom stereocenters. The molecule has 0 heterocycles. The number of carbonyl (C=O) groups is 1. The second-order valence-corrected chi connectivity index (χ2v) is 4.55. The number of methoxy groups -OCH3 is 1. The summed E-state index contributed by atoms with van der Waals surface area (Å²) in [5.74, 6) is -0.0435. The van der Waals surface area contributed by atoms with Gasteiger partial charge in [0.1, 0.15) is 4.99 Å². The van der Waals surface area contributed by atoms with E-state index in [1.54, 1.807) is 7.11 Å². The lowest BCUT2D eigenvalue weighted by atomic mass is 10.2. The van der Waals surface area contributed by atoms with Crippen LogP contribution in [0.5, 0.6) is 0 Å². The molecule has 1 aromatic carbocycles. The van der Waals surface area contributed by atoms with E-state index in [0.29, 0.717) is 18.1 Å². The van der Waals surface area contributed by atoms with Crippen LogP contribution in [-0.4, -0.2) is 44.7 Å². The van der Waals surface area contributed by atoms with E-state index in [1.165, 1.54) is 0 Å². The van der Waals surface area contributed by atoms with Gasteiger partial charge in [-0.15, -0.1) is 0 Å². The molecule has 0 bridgehead atoms. The minimum atomic E-state index is -0.0435. The van der Waals surface area contributed by atoms with Crippen molar-refractivity contribution >= 4 is 28.8 Å². The van der Waals surface area contributed by atoms with E-state index >= 15 is 0 Å². The highest BCUT2D eigenvalue weighted by Gasteiger charge is 2.07. The van der Waals surface area contributed by atoms with E-state index in [9.17, 15) is 4.79 Å². The highest BCUT2D eigenvalue weighted by atomic mass is 32.1. The maximum Gasteiger partial charge on any atom is 0.239 e. The van der Waals surface area contributed by atoms with Crippen LogP contribution in [-0.2, 0) is 9.53 Å². The molecule has 3 N–H and O–H groups in total. The Kier molecular flexibility index (Phi) is 6.24. The van der Waals surface area contributed by atoms with Gasteiger partial charge in [-0.2, -0.15) is 0 Å². The minimum absolute atomic E-state index is 0.0435. The van der Waals surface area contributed by atoms with E-state index in [1.807, 2.05) is 36.2 Å². The first-order valence-electron chi connectivity index (χ1n) is 5.91. The van der Waals surface area contributed by atoms with Crippen LogP contribution in [0.3, 0.4) is 0 Å². The third-order valence-electron chi connectivity index (χ3n) is 2.60. The van der Waals surface area contributed by atoms with Crippen LogP contribution in [0.4, 0.5) is 5.69 Å². The summed E-state index contributed by atoms with van der Waals surface area (Å²) in [4.78, 5) is 13.8. The van der Waals surface area contributed by atoms with E-state index in [2.05, 4.69) is 5.32 Å². The molecule has 1 aromatic rings.